The minimum atomic E-state index is -0.103. The number of carbonyl (C=O) groups is 1. The zero-order valence-corrected chi connectivity index (χ0v) is 12.0. The minimum absolute atomic E-state index is 0.103. The molecule has 0 bridgehead atoms. The Kier molecular flexibility index (Phi) is 3.03. The Balaban J connectivity index is 2.21. The second-order valence-corrected chi connectivity index (χ2v) is 5.23. The van der Waals surface area contributed by atoms with Gasteiger partial charge in [-0.2, -0.15) is 0 Å². The maximum atomic E-state index is 12.4. The molecule has 0 aliphatic carbocycles. The summed E-state index contributed by atoms with van der Waals surface area (Å²) in [7, 11) is 0. The Morgan fingerprint density at radius 1 is 1.37 bits per heavy atom. The molecule has 0 aliphatic rings. The third-order valence-electron chi connectivity index (χ3n) is 3.16. The van der Waals surface area contributed by atoms with E-state index in [1.807, 2.05) is 25.1 Å². The van der Waals surface area contributed by atoms with Crippen LogP contribution in [-0.2, 0) is 6.42 Å². The maximum absolute atomic E-state index is 12.4. The highest BCUT2D eigenvalue weighted by Crippen LogP contribution is 2.30. The molecule has 4 heteroatoms. The topological polar surface area (TPSA) is 46.0 Å². The highest BCUT2D eigenvalue weighted by atomic mass is 79.9. The first kappa shape index (κ1) is 12.2. The number of hydrogen-bond acceptors (Lipinski definition) is 2. The van der Waals surface area contributed by atoms with E-state index in [-0.39, 0.29) is 5.78 Å². The monoisotopic (exact) mass is 317 g/mol. The van der Waals surface area contributed by atoms with Crippen molar-refractivity contribution in [3.8, 4) is 0 Å². The number of hydrogen-bond donors (Lipinski definition) is 1. The van der Waals surface area contributed by atoms with Crippen molar-refractivity contribution in [1.29, 1.82) is 0 Å². The molecule has 3 aromatic rings. The fraction of sp³-hybridized carbons (Fsp3) is 0.133. The fourth-order valence-corrected chi connectivity index (χ4v) is 2.61. The van der Waals surface area contributed by atoms with Gasteiger partial charge in [0.25, 0.3) is 0 Å². The van der Waals surface area contributed by atoms with E-state index < -0.39 is 0 Å². The Bertz CT molecular complexity index is 741. The van der Waals surface area contributed by atoms with Gasteiger partial charge < -0.3 is 9.40 Å². The molecular weight excluding hydrogens is 306 g/mol. The molecule has 0 fully saturated rings. The first-order valence-electron chi connectivity index (χ1n) is 6.09. The van der Waals surface area contributed by atoms with Crippen LogP contribution in [0.25, 0.3) is 11.0 Å². The molecule has 0 radical (unpaired) electrons. The summed E-state index contributed by atoms with van der Waals surface area (Å²) < 4.78 is 6.72. The van der Waals surface area contributed by atoms with Crippen LogP contribution in [0.2, 0.25) is 0 Å². The van der Waals surface area contributed by atoms with Gasteiger partial charge in [0.1, 0.15) is 5.58 Å². The Morgan fingerprint density at radius 3 is 2.89 bits per heavy atom. The first-order valence-corrected chi connectivity index (χ1v) is 6.89. The summed E-state index contributed by atoms with van der Waals surface area (Å²) in [5.74, 6) is 0.326. The van der Waals surface area contributed by atoms with Crippen molar-refractivity contribution in [3.63, 3.8) is 0 Å². The quantitative estimate of drug-likeness (QED) is 0.731. The number of carbonyl (C=O) groups excluding carboxylic acids is 1. The Hall–Kier alpha value is -1.81. The van der Waals surface area contributed by atoms with Crippen LogP contribution in [0.4, 0.5) is 0 Å². The summed E-state index contributed by atoms with van der Waals surface area (Å²) in [6.07, 6.45) is 2.49. The molecule has 0 unspecified atom stereocenters. The molecule has 3 rings (SSSR count). The number of H-pyrrole nitrogens is 1. The SMILES string of the molecule is CCc1c(C(=O)c2ccc[nH]2)oc2ccc(Br)cc12. The van der Waals surface area contributed by atoms with Gasteiger partial charge in [-0.25, -0.2) is 0 Å². The van der Waals surface area contributed by atoms with Crippen molar-refractivity contribution >= 4 is 32.7 Å². The molecular formula is C15H12BrNO2. The van der Waals surface area contributed by atoms with Gasteiger partial charge in [-0.05, 0) is 36.8 Å². The van der Waals surface area contributed by atoms with Crippen molar-refractivity contribution in [2.75, 3.05) is 0 Å². The van der Waals surface area contributed by atoms with Gasteiger partial charge in [0, 0.05) is 21.6 Å². The number of benzene rings is 1. The number of rotatable bonds is 3. The standard InChI is InChI=1S/C15H12BrNO2/c1-2-10-11-8-9(16)5-6-13(11)19-15(10)14(18)12-4-3-7-17-12/h3-8,17H,2H2,1H3. The van der Waals surface area contributed by atoms with Crippen molar-refractivity contribution in [2.45, 2.75) is 13.3 Å². The van der Waals surface area contributed by atoms with Gasteiger partial charge in [-0.1, -0.05) is 22.9 Å². The normalized spacial score (nSPS) is 11.1. The predicted octanol–water partition coefficient (Wildman–Crippen LogP) is 4.32. The molecule has 1 N–H and O–H groups in total. The molecule has 2 aromatic heterocycles. The smallest absolute Gasteiger partial charge is 0.244 e. The molecule has 0 saturated carbocycles. The third kappa shape index (κ3) is 2.02. The summed E-state index contributed by atoms with van der Waals surface area (Å²) in [5.41, 5.74) is 2.25. The van der Waals surface area contributed by atoms with E-state index in [4.69, 9.17) is 4.42 Å². The van der Waals surface area contributed by atoms with Crippen LogP contribution < -0.4 is 0 Å². The Morgan fingerprint density at radius 2 is 2.21 bits per heavy atom. The number of aromatic amines is 1. The molecule has 96 valence electrons. The van der Waals surface area contributed by atoms with Crippen molar-refractivity contribution in [2.24, 2.45) is 0 Å². The number of halogens is 1. The molecule has 3 nitrogen and oxygen atoms in total. The van der Waals surface area contributed by atoms with E-state index in [0.29, 0.717) is 11.5 Å². The summed E-state index contributed by atoms with van der Waals surface area (Å²) in [4.78, 5) is 15.3. The highest BCUT2D eigenvalue weighted by molar-refractivity contribution is 9.10. The lowest BCUT2D eigenvalue weighted by atomic mass is 10.1. The molecule has 0 saturated heterocycles. The van der Waals surface area contributed by atoms with E-state index >= 15 is 0 Å². The van der Waals surface area contributed by atoms with Crippen molar-refractivity contribution < 1.29 is 9.21 Å². The van der Waals surface area contributed by atoms with Crippen LogP contribution in [0.3, 0.4) is 0 Å². The van der Waals surface area contributed by atoms with Gasteiger partial charge >= 0.3 is 0 Å². The van der Waals surface area contributed by atoms with Crippen LogP contribution in [0.5, 0.6) is 0 Å². The summed E-state index contributed by atoms with van der Waals surface area (Å²) in [6, 6.07) is 9.34. The zero-order chi connectivity index (χ0) is 13.4. The predicted molar refractivity (Wildman–Crippen MR) is 77.5 cm³/mol. The number of ketones is 1. The summed E-state index contributed by atoms with van der Waals surface area (Å²) >= 11 is 3.45. The molecule has 1 aromatic carbocycles. The number of aromatic nitrogens is 1. The lowest BCUT2D eigenvalue weighted by Crippen LogP contribution is -2.02. The summed E-state index contributed by atoms with van der Waals surface area (Å²) in [5, 5.41) is 0.992. The van der Waals surface area contributed by atoms with Crippen LogP contribution in [0.15, 0.2) is 45.4 Å². The molecule has 2 heterocycles. The number of furan rings is 1. The van der Waals surface area contributed by atoms with E-state index in [2.05, 4.69) is 20.9 Å². The van der Waals surface area contributed by atoms with E-state index in [1.165, 1.54) is 0 Å². The second-order valence-electron chi connectivity index (χ2n) is 4.32. The van der Waals surface area contributed by atoms with Gasteiger partial charge in [-0.15, -0.1) is 0 Å². The fourth-order valence-electron chi connectivity index (χ4n) is 2.25. The van der Waals surface area contributed by atoms with Crippen LogP contribution in [0, 0.1) is 0 Å². The number of nitrogens with one attached hydrogen (secondary N) is 1. The van der Waals surface area contributed by atoms with E-state index in [1.54, 1.807) is 18.3 Å². The molecule has 0 aliphatic heterocycles. The van der Waals surface area contributed by atoms with Gasteiger partial charge in [-0.3, -0.25) is 4.79 Å². The van der Waals surface area contributed by atoms with E-state index in [9.17, 15) is 4.79 Å². The van der Waals surface area contributed by atoms with Crippen LogP contribution in [-0.4, -0.2) is 10.8 Å². The number of aryl methyl sites for hydroxylation is 1. The van der Waals surface area contributed by atoms with Gasteiger partial charge in [0.2, 0.25) is 5.78 Å². The average molecular weight is 318 g/mol. The third-order valence-corrected chi connectivity index (χ3v) is 3.65. The van der Waals surface area contributed by atoms with Crippen molar-refractivity contribution in [1.82, 2.24) is 4.98 Å². The zero-order valence-electron chi connectivity index (χ0n) is 10.4. The first-order chi connectivity index (χ1) is 9.20. The lowest BCUT2D eigenvalue weighted by molar-refractivity contribution is 0.101. The van der Waals surface area contributed by atoms with Crippen LogP contribution in [0.1, 0.15) is 28.7 Å². The van der Waals surface area contributed by atoms with Crippen molar-refractivity contribution in [3.05, 3.63) is 58.0 Å². The molecule has 0 spiro atoms. The number of fused-ring (bicyclic) bond motifs is 1. The Labute approximate surface area is 118 Å². The molecule has 0 amide bonds. The largest absolute Gasteiger partial charge is 0.452 e. The molecule has 19 heavy (non-hydrogen) atoms. The van der Waals surface area contributed by atoms with Gasteiger partial charge in [0.15, 0.2) is 5.76 Å². The second kappa shape index (κ2) is 4.70. The lowest BCUT2D eigenvalue weighted by Gasteiger charge is -1.98. The van der Waals surface area contributed by atoms with Crippen LogP contribution >= 0.6 is 15.9 Å². The van der Waals surface area contributed by atoms with E-state index in [0.717, 1.165) is 27.4 Å². The highest BCUT2D eigenvalue weighted by Gasteiger charge is 2.21. The average Bonchev–Trinajstić information content (AvgIpc) is 3.04. The minimum Gasteiger partial charge on any atom is -0.452 e. The molecule has 0 atom stereocenters. The maximum Gasteiger partial charge on any atom is 0.244 e. The summed E-state index contributed by atoms with van der Waals surface area (Å²) in [6.45, 7) is 2.02. The van der Waals surface area contributed by atoms with Gasteiger partial charge in [0.05, 0.1) is 5.69 Å².